The van der Waals surface area contributed by atoms with E-state index >= 15 is 0 Å². The van der Waals surface area contributed by atoms with Crippen LogP contribution in [0.4, 0.5) is 0 Å². The van der Waals surface area contributed by atoms with Crippen LogP contribution in [0.3, 0.4) is 0 Å². The molecule has 0 spiro atoms. The van der Waals surface area contributed by atoms with E-state index in [9.17, 15) is 33.6 Å². The second kappa shape index (κ2) is 19.4. The van der Waals surface area contributed by atoms with Crippen LogP contribution in [-0.4, -0.2) is 123 Å². The number of ether oxygens (including phenoxy) is 11. The third-order valence-electron chi connectivity index (χ3n) is 6.93. The Labute approximate surface area is 283 Å². The van der Waals surface area contributed by atoms with E-state index in [0.717, 1.165) is 54.9 Å². The minimum Gasteiger partial charge on any atom is -0.463 e. The van der Waals surface area contributed by atoms with Crippen molar-refractivity contribution in [2.24, 2.45) is 0 Å². The molecule has 0 N–H and O–H groups in total. The summed E-state index contributed by atoms with van der Waals surface area (Å²) in [4.78, 5) is 84.7. The fraction of sp³-hybridized carbons (Fsp3) is 0.774. The van der Waals surface area contributed by atoms with E-state index in [1.54, 1.807) is 6.92 Å². The first-order chi connectivity index (χ1) is 22.9. The number of carbonyl (C=O) groups excluding carboxylic acids is 7. The van der Waals surface area contributed by atoms with Crippen molar-refractivity contribution in [3.05, 3.63) is 0 Å². The molecule has 18 heteroatoms. The standard InChI is InChI=1S/C31H46O18/c1-10-11-14(2)41-31-29(47-21(9)38)27(45-19(7)36)25(43-17(5)34)23(49-31)13-40-30-28(46-20(8)37)26(44-18(6)35)24(42-16(4)33)22(48-30)12-39-15(3)32/h14,22-31H,10-13H2,1-9H3/t14?,22-,23-,24-,25-,26+,27+,28-,29-,30-,31-/m1/s1. The summed E-state index contributed by atoms with van der Waals surface area (Å²) in [6, 6.07) is 0. The van der Waals surface area contributed by atoms with Gasteiger partial charge in [0.15, 0.2) is 49.2 Å². The van der Waals surface area contributed by atoms with E-state index in [4.69, 9.17) is 52.1 Å². The van der Waals surface area contributed by atoms with Crippen molar-refractivity contribution in [2.75, 3.05) is 13.2 Å². The maximum absolute atomic E-state index is 12.3. The smallest absolute Gasteiger partial charge is 0.303 e. The van der Waals surface area contributed by atoms with Gasteiger partial charge in [0.05, 0.1) is 12.7 Å². The lowest BCUT2D eigenvalue weighted by Crippen LogP contribution is -2.65. The fourth-order valence-electron chi connectivity index (χ4n) is 5.31. The molecule has 11 atom stereocenters. The van der Waals surface area contributed by atoms with E-state index in [-0.39, 0.29) is 0 Å². The van der Waals surface area contributed by atoms with Crippen molar-refractivity contribution in [3.63, 3.8) is 0 Å². The summed E-state index contributed by atoms with van der Waals surface area (Å²) < 4.78 is 62.0. The molecule has 2 aliphatic rings. The predicted octanol–water partition coefficient (Wildman–Crippen LogP) is 0.811. The quantitative estimate of drug-likeness (QED) is 0.170. The van der Waals surface area contributed by atoms with Crippen LogP contribution in [0.1, 0.15) is 75.2 Å². The molecule has 278 valence electrons. The third kappa shape index (κ3) is 13.2. The van der Waals surface area contributed by atoms with Gasteiger partial charge in [0.25, 0.3) is 0 Å². The lowest BCUT2D eigenvalue weighted by Gasteiger charge is -2.46. The second-order valence-electron chi connectivity index (χ2n) is 11.4. The van der Waals surface area contributed by atoms with Crippen LogP contribution in [0.2, 0.25) is 0 Å². The minimum atomic E-state index is -1.61. The van der Waals surface area contributed by atoms with Gasteiger partial charge in [0.2, 0.25) is 0 Å². The van der Waals surface area contributed by atoms with Gasteiger partial charge in [-0.1, -0.05) is 13.3 Å². The number of hydrogen-bond acceptors (Lipinski definition) is 18. The average Bonchev–Trinajstić information content (AvgIpc) is 2.95. The average molecular weight is 707 g/mol. The van der Waals surface area contributed by atoms with Gasteiger partial charge in [-0.25, -0.2) is 0 Å². The zero-order valence-corrected chi connectivity index (χ0v) is 29.0. The predicted molar refractivity (Wildman–Crippen MR) is 159 cm³/mol. The molecule has 2 aliphatic heterocycles. The summed E-state index contributed by atoms with van der Waals surface area (Å²) in [5.41, 5.74) is 0. The van der Waals surface area contributed by atoms with Gasteiger partial charge < -0.3 is 52.1 Å². The van der Waals surface area contributed by atoms with Crippen LogP contribution in [0.25, 0.3) is 0 Å². The molecule has 18 nitrogen and oxygen atoms in total. The highest BCUT2D eigenvalue weighted by atomic mass is 16.8. The van der Waals surface area contributed by atoms with E-state index in [1.807, 2.05) is 6.92 Å². The van der Waals surface area contributed by atoms with Gasteiger partial charge in [-0.2, -0.15) is 0 Å². The molecule has 2 heterocycles. The fourth-order valence-corrected chi connectivity index (χ4v) is 5.31. The van der Waals surface area contributed by atoms with Crippen molar-refractivity contribution < 1.29 is 85.7 Å². The van der Waals surface area contributed by atoms with Gasteiger partial charge in [0, 0.05) is 48.5 Å². The highest BCUT2D eigenvalue weighted by Gasteiger charge is 2.55. The Hall–Kier alpha value is -3.87. The number of hydrogen-bond donors (Lipinski definition) is 0. The Kier molecular flexibility index (Phi) is 16.3. The molecule has 0 radical (unpaired) electrons. The lowest BCUT2D eigenvalue weighted by molar-refractivity contribution is -0.338. The van der Waals surface area contributed by atoms with Crippen LogP contribution in [0.15, 0.2) is 0 Å². The monoisotopic (exact) mass is 706 g/mol. The molecular weight excluding hydrogens is 660 g/mol. The van der Waals surface area contributed by atoms with E-state index in [2.05, 4.69) is 0 Å². The van der Waals surface area contributed by atoms with Gasteiger partial charge in [-0.05, 0) is 13.3 Å². The highest BCUT2D eigenvalue weighted by Crippen LogP contribution is 2.33. The summed E-state index contributed by atoms with van der Waals surface area (Å²) in [5.74, 6) is -5.62. The Balaban J connectivity index is 2.58. The zero-order valence-electron chi connectivity index (χ0n) is 29.0. The van der Waals surface area contributed by atoms with Crippen molar-refractivity contribution >= 4 is 41.8 Å². The SMILES string of the molecule is CCCC(C)O[C@@H]1O[C@H](CO[C@@H]2O[C@H](COC(C)=O)[C@@H](OC(C)=O)[C@H](OC(C)=O)[C@H]2OC(C)=O)[C@@H](OC(C)=O)[C@H](OC(C)=O)[C@H]1OC(C)=O. The summed E-state index contributed by atoms with van der Waals surface area (Å²) in [6.45, 7) is 10.3. The molecule has 2 saturated heterocycles. The summed E-state index contributed by atoms with van der Waals surface area (Å²) in [5, 5.41) is 0. The van der Waals surface area contributed by atoms with E-state index in [1.165, 1.54) is 0 Å². The van der Waals surface area contributed by atoms with Crippen molar-refractivity contribution in [3.8, 4) is 0 Å². The topological polar surface area (TPSA) is 221 Å². The van der Waals surface area contributed by atoms with Gasteiger partial charge >= 0.3 is 41.8 Å². The molecule has 0 bridgehead atoms. The van der Waals surface area contributed by atoms with Crippen LogP contribution < -0.4 is 0 Å². The molecule has 0 aromatic rings. The second-order valence-corrected chi connectivity index (χ2v) is 11.4. The Morgan fingerprint density at radius 3 is 1.29 bits per heavy atom. The Bertz CT molecular complexity index is 1190. The molecule has 0 saturated carbocycles. The molecule has 0 aliphatic carbocycles. The zero-order chi connectivity index (χ0) is 37.0. The van der Waals surface area contributed by atoms with Crippen LogP contribution >= 0.6 is 0 Å². The summed E-state index contributed by atoms with van der Waals surface area (Å²) >= 11 is 0. The van der Waals surface area contributed by atoms with Gasteiger partial charge in [-0.15, -0.1) is 0 Å². The Morgan fingerprint density at radius 1 is 0.510 bits per heavy atom. The van der Waals surface area contributed by atoms with Crippen molar-refractivity contribution in [1.82, 2.24) is 0 Å². The molecule has 1 unspecified atom stereocenters. The first-order valence-corrected chi connectivity index (χ1v) is 15.7. The van der Waals surface area contributed by atoms with Crippen molar-refractivity contribution in [1.29, 1.82) is 0 Å². The third-order valence-corrected chi connectivity index (χ3v) is 6.93. The summed E-state index contributed by atoms with van der Waals surface area (Å²) in [6.07, 6.45) is -13.5. The lowest BCUT2D eigenvalue weighted by atomic mass is 9.97. The van der Waals surface area contributed by atoms with Crippen LogP contribution in [0, 0.1) is 0 Å². The van der Waals surface area contributed by atoms with Crippen molar-refractivity contribution in [2.45, 2.75) is 143 Å². The van der Waals surface area contributed by atoms with Gasteiger partial charge in [-0.3, -0.25) is 33.6 Å². The summed E-state index contributed by atoms with van der Waals surface area (Å²) in [7, 11) is 0. The van der Waals surface area contributed by atoms with E-state index < -0.39 is 123 Å². The normalized spacial score (nSPS) is 30.1. The minimum absolute atomic E-state index is 0.433. The molecule has 2 rings (SSSR count). The molecule has 0 aromatic heterocycles. The Morgan fingerprint density at radius 2 is 0.878 bits per heavy atom. The van der Waals surface area contributed by atoms with Crippen LogP contribution in [0.5, 0.6) is 0 Å². The first kappa shape index (κ1) is 41.3. The molecule has 0 amide bonds. The number of carbonyl (C=O) groups is 7. The number of rotatable bonds is 15. The van der Waals surface area contributed by atoms with Gasteiger partial charge in [0.1, 0.15) is 18.8 Å². The highest BCUT2D eigenvalue weighted by molar-refractivity contribution is 5.69. The first-order valence-electron chi connectivity index (χ1n) is 15.7. The van der Waals surface area contributed by atoms with Crippen LogP contribution in [-0.2, 0) is 85.7 Å². The molecule has 2 fully saturated rings. The largest absolute Gasteiger partial charge is 0.463 e. The maximum Gasteiger partial charge on any atom is 0.303 e. The molecule has 49 heavy (non-hydrogen) atoms. The molecule has 0 aromatic carbocycles. The molecular formula is C31H46O18. The van der Waals surface area contributed by atoms with E-state index in [0.29, 0.717) is 6.42 Å². The maximum atomic E-state index is 12.3. The number of esters is 7.